The van der Waals surface area contributed by atoms with E-state index < -0.39 is 0 Å². The van der Waals surface area contributed by atoms with Gasteiger partial charge in [0.1, 0.15) is 5.88 Å². The zero-order valence-electron chi connectivity index (χ0n) is 9.44. The van der Waals surface area contributed by atoms with Gasteiger partial charge in [0.05, 0.1) is 6.54 Å². The summed E-state index contributed by atoms with van der Waals surface area (Å²) in [5, 5.41) is 7.47. The lowest BCUT2D eigenvalue weighted by Crippen LogP contribution is -2.13. The van der Waals surface area contributed by atoms with E-state index in [-0.39, 0.29) is 11.8 Å². The van der Waals surface area contributed by atoms with Gasteiger partial charge in [-0.2, -0.15) is 5.10 Å². The van der Waals surface area contributed by atoms with Crippen molar-refractivity contribution in [2.75, 3.05) is 11.2 Å². The highest BCUT2D eigenvalue weighted by atomic mass is 35.5. The van der Waals surface area contributed by atoms with E-state index in [0.717, 1.165) is 5.56 Å². The van der Waals surface area contributed by atoms with Gasteiger partial charge in [0.2, 0.25) is 5.91 Å². The zero-order valence-corrected chi connectivity index (χ0v) is 10.9. The lowest BCUT2D eigenvalue weighted by molar-refractivity contribution is -0.113. The van der Waals surface area contributed by atoms with E-state index >= 15 is 0 Å². The zero-order chi connectivity index (χ0) is 13.0. The summed E-state index contributed by atoms with van der Waals surface area (Å²) < 4.78 is 1.70. The van der Waals surface area contributed by atoms with Crippen LogP contribution in [-0.4, -0.2) is 21.6 Å². The number of amides is 1. The van der Waals surface area contributed by atoms with Gasteiger partial charge in [0.15, 0.2) is 5.82 Å². The van der Waals surface area contributed by atoms with Gasteiger partial charge in [-0.05, 0) is 11.6 Å². The molecule has 0 radical (unpaired) electrons. The fourth-order valence-corrected chi connectivity index (χ4v) is 1.76. The van der Waals surface area contributed by atoms with Gasteiger partial charge >= 0.3 is 0 Å². The van der Waals surface area contributed by atoms with Crippen LogP contribution in [0.1, 0.15) is 5.56 Å². The van der Waals surface area contributed by atoms with Gasteiger partial charge in [0.25, 0.3) is 0 Å². The standard InChI is InChI=1S/C12H11Cl2N3O/c13-7-12(18)15-11-5-6-17(16-11)8-9-3-1-2-4-10(9)14/h1-6H,7-8H2,(H,15,16,18). The molecule has 1 aromatic heterocycles. The average molecular weight is 284 g/mol. The minimum Gasteiger partial charge on any atom is -0.308 e. The van der Waals surface area contributed by atoms with E-state index in [0.29, 0.717) is 17.4 Å². The molecule has 0 saturated carbocycles. The predicted molar refractivity (Wildman–Crippen MR) is 72.1 cm³/mol. The number of benzene rings is 1. The van der Waals surface area contributed by atoms with Crippen LogP contribution < -0.4 is 5.32 Å². The van der Waals surface area contributed by atoms with E-state index in [4.69, 9.17) is 23.2 Å². The molecule has 1 N–H and O–H groups in total. The Kier molecular flexibility index (Phi) is 4.23. The highest BCUT2D eigenvalue weighted by Gasteiger charge is 2.05. The lowest BCUT2D eigenvalue weighted by atomic mass is 10.2. The molecule has 0 fully saturated rings. The van der Waals surface area contributed by atoms with Crippen molar-refractivity contribution < 1.29 is 4.79 Å². The fraction of sp³-hybridized carbons (Fsp3) is 0.167. The van der Waals surface area contributed by atoms with Crippen LogP contribution in [0.25, 0.3) is 0 Å². The first kappa shape index (κ1) is 12.9. The molecule has 0 atom stereocenters. The van der Waals surface area contributed by atoms with Crippen LogP contribution >= 0.6 is 23.2 Å². The first-order valence-corrected chi connectivity index (χ1v) is 6.23. The summed E-state index contributed by atoms with van der Waals surface area (Å²) in [6.45, 7) is 0.552. The number of rotatable bonds is 4. The first-order valence-electron chi connectivity index (χ1n) is 5.31. The molecule has 2 rings (SSSR count). The maximum atomic E-state index is 11.1. The van der Waals surface area contributed by atoms with Crippen LogP contribution in [0.15, 0.2) is 36.5 Å². The molecular weight excluding hydrogens is 273 g/mol. The number of carbonyl (C=O) groups is 1. The van der Waals surface area contributed by atoms with Crippen molar-refractivity contribution in [3.63, 3.8) is 0 Å². The largest absolute Gasteiger partial charge is 0.308 e. The van der Waals surface area contributed by atoms with Crippen molar-refractivity contribution >= 4 is 34.9 Å². The highest BCUT2D eigenvalue weighted by Crippen LogP contribution is 2.16. The fourth-order valence-electron chi connectivity index (χ4n) is 1.49. The molecule has 0 unspecified atom stereocenters. The molecule has 0 aliphatic rings. The van der Waals surface area contributed by atoms with Crippen LogP contribution in [-0.2, 0) is 11.3 Å². The number of alkyl halides is 1. The summed E-state index contributed by atoms with van der Waals surface area (Å²) in [5.74, 6) is 0.115. The Morgan fingerprint density at radius 2 is 2.11 bits per heavy atom. The number of hydrogen-bond acceptors (Lipinski definition) is 2. The predicted octanol–water partition coefficient (Wildman–Crippen LogP) is 2.76. The number of nitrogens with one attached hydrogen (secondary N) is 1. The third kappa shape index (κ3) is 3.24. The minimum absolute atomic E-state index is 0.0859. The van der Waals surface area contributed by atoms with E-state index in [2.05, 4.69) is 10.4 Å². The maximum Gasteiger partial charge on any atom is 0.240 e. The Balaban J connectivity index is 2.07. The quantitative estimate of drug-likeness (QED) is 0.877. The number of hydrogen-bond donors (Lipinski definition) is 1. The van der Waals surface area contributed by atoms with Gasteiger partial charge in [0, 0.05) is 17.3 Å². The summed E-state index contributed by atoms with van der Waals surface area (Å²) >= 11 is 11.5. The van der Waals surface area contributed by atoms with Gasteiger partial charge in [-0.15, -0.1) is 11.6 Å². The Hall–Kier alpha value is -1.52. The molecule has 94 valence electrons. The van der Waals surface area contributed by atoms with Gasteiger partial charge in [-0.25, -0.2) is 0 Å². The summed E-state index contributed by atoms with van der Waals surface area (Å²) in [4.78, 5) is 11.1. The number of carbonyl (C=O) groups excluding carboxylic acids is 1. The SMILES string of the molecule is O=C(CCl)Nc1ccn(Cc2ccccc2Cl)n1. The van der Waals surface area contributed by atoms with Crippen molar-refractivity contribution in [1.82, 2.24) is 9.78 Å². The van der Waals surface area contributed by atoms with Crippen LogP contribution in [0, 0.1) is 0 Å². The number of anilines is 1. The van der Waals surface area contributed by atoms with E-state index in [1.807, 2.05) is 24.3 Å². The summed E-state index contributed by atoms with van der Waals surface area (Å²) in [6, 6.07) is 9.26. The number of nitrogens with zero attached hydrogens (tertiary/aromatic N) is 2. The molecule has 0 aliphatic heterocycles. The molecule has 0 spiro atoms. The van der Waals surface area contributed by atoms with Gasteiger partial charge in [-0.1, -0.05) is 29.8 Å². The van der Waals surface area contributed by atoms with E-state index in [1.165, 1.54) is 0 Å². The normalized spacial score (nSPS) is 10.3. The van der Waals surface area contributed by atoms with Crippen molar-refractivity contribution in [2.45, 2.75) is 6.54 Å². The topological polar surface area (TPSA) is 46.9 Å². The smallest absolute Gasteiger partial charge is 0.240 e. The number of aromatic nitrogens is 2. The summed E-state index contributed by atoms with van der Waals surface area (Å²) in [7, 11) is 0. The average Bonchev–Trinajstić information content (AvgIpc) is 2.79. The molecule has 2 aromatic rings. The van der Waals surface area contributed by atoms with Crippen molar-refractivity contribution in [3.05, 3.63) is 47.1 Å². The highest BCUT2D eigenvalue weighted by molar-refractivity contribution is 6.31. The van der Waals surface area contributed by atoms with Crippen LogP contribution in [0.2, 0.25) is 5.02 Å². The Bertz CT molecular complexity index is 554. The monoisotopic (exact) mass is 283 g/mol. The molecule has 0 aliphatic carbocycles. The van der Waals surface area contributed by atoms with E-state index in [9.17, 15) is 4.79 Å². The second-order valence-electron chi connectivity index (χ2n) is 3.67. The molecule has 0 bridgehead atoms. The molecule has 0 saturated heterocycles. The number of halogens is 2. The summed E-state index contributed by atoms with van der Waals surface area (Å²) in [5.41, 5.74) is 0.970. The molecule has 1 amide bonds. The molecule has 4 nitrogen and oxygen atoms in total. The summed E-state index contributed by atoms with van der Waals surface area (Å²) in [6.07, 6.45) is 1.77. The minimum atomic E-state index is -0.278. The Labute approximate surface area is 115 Å². The Morgan fingerprint density at radius 1 is 1.33 bits per heavy atom. The molecule has 18 heavy (non-hydrogen) atoms. The molecule has 1 aromatic carbocycles. The third-order valence-electron chi connectivity index (χ3n) is 2.32. The molecule has 1 heterocycles. The van der Waals surface area contributed by atoms with Crippen molar-refractivity contribution in [1.29, 1.82) is 0 Å². The Morgan fingerprint density at radius 3 is 2.83 bits per heavy atom. The second-order valence-corrected chi connectivity index (χ2v) is 4.35. The van der Waals surface area contributed by atoms with Gasteiger partial charge < -0.3 is 5.32 Å². The first-order chi connectivity index (χ1) is 8.69. The van der Waals surface area contributed by atoms with Crippen LogP contribution in [0.5, 0.6) is 0 Å². The third-order valence-corrected chi connectivity index (χ3v) is 2.93. The maximum absolute atomic E-state index is 11.1. The van der Waals surface area contributed by atoms with Crippen molar-refractivity contribution in [3.8, 4) is 0 Å². The lowest BCUT2D eigenvalue weighted by Gasteiger charge is -2.04. The molecule has 6 heteroatoms. The van der Waals surface area contributed by atoms with Crippen molar-refractivity contribution in [2.24, 2.45) is 0 Å². The second kappa shape index (κ2) is 5.89. The van der Waals surface area contributed by atoms with Gasteiger partial charge in [-0.3, -0.25) is 9.48 Å². The van der Waals surface area contributed by atoms with Crippen LogP contribution in [0.4, 0.5) is 5.82 Å². The van der Waals surface area contributed by atoms with Crippen LogP contribution in [0.3, 0.4) is 0 Å². The van der Waals surface area contributed by atoms with E-state index in [1.54, 1.807) is 16.9 Å². The molecular formula is C12H11Cl2N3O.